The van der Waals surface area contributed by atoms with Crippen LogP contribution in [0.4, 0.5) is 0 Å². The first-order valence-corrected chi connectivity index (χ1v) is 7.92. The summed E-state index contributed by atoms with van der Waals surface area (Å²) < 4.78 is 1.97. The highest BCUT2D eigenvalue weighted by Gasteiger charge is 2.13. The van der Waals surface area contributed by atoms with E-state index < -0.39 is 0 Å². The molecule has 0 aliphatic rings. The van der Waals surface area contributed by atoms with Crippen molar-refractivity contribution in [2.24, 2.45) is 7.05 Å². The summed E-state index contributed by atoms with van der Waals surface area (Å²) in [6.07, 6.45) is 2.80. The molecule has 5 heteroatoms. The average molecular weight is 326 g/mol. The maximum absolute atomic E-state index is 6.08. The molecule has 0 amide bonds. The van der Waals surface area contributed by atoms with Gasteiger partial charge in [-0.05, 0) is 43.7 Å². The van der Waals surface area contributed by atoms with Crippen LogP contribution in [0.1, 0.15) is 23.9 Å². The van der Waals surface area contributed by atoms with Crippen molar-refractivity contribution in [1.29, 1.82) is 0 Å². The summed E-state index contributed by atoms with van der Waals surface area (Å²) in [7, 11) is 3.99. The number of halogens is 2. The summed E-state index contributed by atoms with van der Waals surface area (Å²) >= 11 is 12.0. The Morgan fingerprint density at radius 1 is 1.19 bits per heavy atom. The van der Waals surface area contributed by atoms with Crippen LogP contribution in [0.2, 0.25) is 10.0 Å². The fourth-order valence-electron chi connectivity index (χ4n) is 2.42. The van der Waals surface area contributed by atoms with Gasteiger partial charge in [-0.1, -0.05) is 36.2 Å². The number of hydrogen-bond acceptors (Lipinski definition) is 2. The number of nitrogens with one attached hydrogen (secondary N) is 1. The maximum Gasteiger partial charge on any atom is 0.0624 e. The Morgan fingerprint density at radius 2 is 1.95 bits per heavy atom. The van der Waals surface area contributed by atoms with Crippen molar-refractivity contribution in [3.63, 3.8) is 0 Å². The number of aryl methyl sites for hydroxylation is 2. The number of nitrogens with zero attached hydrogens (tertiary/aromatic N) is 2. The third-order valence-corrected chi connectivity index (χ3v) is 4.46. The molecule has 0 saturated heterocycles. The molecular formula is C16H21Cl2N3. The highest BCUT2D eigenvalue weighted by atomic mass is 35.5. The molecule has 1 N–H and O–H groups in total. The molecule has 2 rings (SSSR count). The molecule has 0 aliphatic carbocycles. The van der Waals surface area contributed by atoms with Gasteiger partial charge in [0, 0.05) is 25.2 Å². The predicted molar refractivity (Wildman–Crippen MR) is 89.3 cm³/mol. The number of likely N-dealkylation sites (N-methyl/N-ethyl adjacent to an activating group) is 1. The summed E-state index contributed by atoms with van der Waals surface area (Å²) in [6, 6.07) is 8.33. The zero-order valence-electron chi connectivity index (χ0n) is 12.7. The fourth-order valence-corrected chi connectivity index (χ4v) is 2.74. The third-order valence-electron chi connectivity index (χ3n) is 3.72. The Kier molecular flexibility index (Phi) is 5.68. The van der Waals surface area contributed by atoms with E-state index in [2.05, 4.69) is 23.4 Å². The fraction of sp³-hybridized carbons (Fsp3) is 0.438. The Balaban J connectivity index is 2.08. The van der Waals surface area contributed by atoms with Crippen LogP contribution in [-0.4, -0.2) is 22.9 Å². The van der Waals surface area contributed by atoms with Crippen molar-refractivity contribution in [2.45, 2.75) is 32.2 Å². The van der Waals surface area contributed by atoms with Gasteiger partial charge in [-0.15, -0.1) is 0 Å². The van der Waals surface area contributed by atoms with E-state index in [9.17, 15) is 0 Å². The van der Waals surface area contributed by atoms with Crippen molar-refractivity contribution in [2.75, 3.05) is 7.05 Å². The first-order chi connectivity index (χ1) is 10.0. The molecule has 1 aromatic carbocycles. The van der Waals surface area contributed by atoms with Gasteiger partial charge in [-0.25, -0.2) is 0 Å². The molecule has 114 valence electrons. The Morgan fingerprint density at radius 3 is 2.52 bits per heavy atom. The van der Waals surface area contributed by atoms with Crippen LogP contribution >= 0.6 is 23.2 Å². The van der Waals surface area contributed by atoms with Gasteiger partial charge < -0.3 is 5.32 Å². The number of aromatic nitrogens is 2. The second-order valence-electron chi connectivity index (χ2n) is 5.25. The van der Waals surface area contributed by atoms with Gasteiger partial charge in [0.1, 0.15) is 0 Å². The Hall–Kier alpha value is -1.03. The minimum atomic E-state index is 0.336. The Labute approximate surface area is 136 Å². The molecule has 3 nitrogen and oxygen atoms in total. The minimum absolute atomic E-state index is 0.336. The second-order valence-corrected chi connectivity index (χ2v) is 6.06. The monoisotopic (exact) mass is 325 g/mol. The number of hydrogen-bond donors (Lipinski definition) is 1. The van der Waals surface area contributed by atoms with Gasteiger partial charge in [-0.2, -0.15) is 5.10 Å². The zero-order chi connectivity index (χ0) is 15.4. The lowest BCUT2D eigenvalue weighted by atomic mass is 10.0. The molecule has 0 bridgehead atoms. The molecule has 1 atom stereocenters. The average Bonchev–Trinajstić information content (AvgIpc) is 2.82. The summed E-state index contributed by atoms with van der Waals surface area (Å²) in [4.78, 5) is 0. The molecule has 1 unspecified atom stereocenters. The summed E-state index contributed by atoms with van der Waals surface area (Å²) in [5.74, 6) is 0. The minimum Gasteiger partial charge on any atom is -0.316 e. The molecule has 21 heavy (non-hydrogen) atoms. The summed E-state index contributed by atoms with van der Waals surface area (Å²) in [6.45, 7) is 2.12. The first-order valence-electron chi connectivity index (χ1n) is 7.16. The predicted octanol–water partition coefficient (Wildman–Crippen LogP) is 3.66. The number of rotatable bonds is 6. The van der Waals surface area contributed by atoms with E-state index in [0.717, 1.165) is 25.0 Å². The first kappa shape index (κ1) is 16.3. The zero-order valence-corrected chi connectivity index (χ0v) is 14.2. The summed E-state index contributed by atoms with van der Waals surface area (Å²) in [5, 5.41) is 9.08. The third kappa shape index (κ3) is 4.22. The van der Waals surface area contributed by atoms with Crippen LogP contribution in [0.15, 0.2) is 24.3 Å². The largest absolute Gasteiger partial charge is 0.316 e. The van der Waals surface area contributed by atoms with E-state index in [-0.39, 0.29) is 0 Å². The van der Waals surface area contributed by atoms with Gasteiger partial charge in [0.2, 0.25) is 0 Å². The topological polar surface area (TPSA) is 29.9 Å². The lowest BCUT2D eigenvalue weighted by Gasteiger charge is -2.16. The highest BCUT2D eigenvalue weighted by Crippen LogP contribution is 2.23. The van der Waals surface area contributed by atoms with Crippen LogP contribution in [0.25, 0.3) is 0 Å². The standard InChI is InChI=1S/C16H21Cl2N3/c1-4-12-9-14(21(3)20-12)10-13(19-2)7-11-5-6-15(17)16(18)8-11/h5-6,8-9,13,19H,4,7,10H2,1-3H3. The molecular weight excluding hydrogens is 305 g/mol. The van der Waals surface area contributed by atoms with Crippen molar-refractivity contribution in [3.05, 3.63) is 51.3 Å². The van der Waals surface area contributed by atoms with E-state index >= 15 is 0 Å². The van der Waals surface area contributed by atoms with E-state index in [1.165, 1.54) is 11.3 Å². The van der Waals surface area contributed by atoms with Crippen LogP contribution < -0.4 is 5.32 Å². The molecule has 1 heterocycles. The van der Waals surface area contributed by atoms with Crippen molar-refractivity contribution >= 4 is 23.2 Å². The molecule has 0 fully saturated rings. The van der Waals surface area contributed by atoms with E-state index in [4.69, 9.17) is 23.2 Å². The molecule has 0 saturated carbocycles. The molecule has 0 spiro atoms. The van der Waals surface area contributed by atoms with Crippen LogP contribution in [-0.2, 0) is 26.3 Å². The number of benzene rings is 1. The van der Waals surface area contributed by atoms with E-state index in [1.807, 2.05) is 37.0 Å². The molecule has 2 aromatic rings. The smallest absolute Gasteiger partial charge is 0.0624 e. The van der Waals surface area contributed by atoms with Gasteiger partial charge in [0.15, 0.2) is 0 Å². The van der Waals surface area contributed by atoms with Gasteiger partial charge in [0.25, 0.3) is 0 Å². The van der Waals surface area contributed by atoms with Gasteiger partial charge >= 0.3 is 0 Å². The van der Waals surface area contributed by atoms with Crippen molar-refractivity contribution in [3.8, 4) is 0 Å². The van der Waals surface area contributed by atoms with Crippen molar-refractivity contribution < 1.29 is 0 Å². The van der Waals surface area contributed by atoms with Crippen LogP contribution in [0.3, 0.4) is 0 Å². The lowest BCUT2D eigenvalue weighted by Crippen LogP contribution is -2.30. The summed E-state index contributed by atoms with van der Waals surface area (Å²) in [5.41, 5.74) is 3.56. The SMILES string of the molecule is CCc1cc(CC(Cc2ccc(Cl)c(Cl)c2)NC)n(C)n1. The van der Waals surface area contributed by atoms with Crippen LogP contribution in [0, 0.1) is 0 Å². The highest BCUT2D eigenvalue weighted by molar-refractivity contribution is 6.42. The lowest BCUT2D eigenvalue weighted by molar-refractivity contribution is 0.533. The van der Waals surface area contributed by atoms with E-state index in [0.29, 0.717) is 16.1 Å². The molecule has 0 radical (unpaired) electrons. The molecule has 0 aliphatic heterocycles. The van der Waals surface area contributed by atoms with Gasteiger partial charge in [0.05, 0.1) is 15.7 Å². The van der Waals surface area contributed by atoms with E-state index in [1.54, 1.807) is 0 Å². The van der Waals surface area contributed by atoms with Crippen molar-refractivity contribution in [1.82, 2.24) is 15.1 Å². The van der Waals surface area contributed by atoms with Crippen LogP contribution in [0.5, 0.6) is 0 Å². The second kappa shape index (κ2) is 7.30. The Bertz CT molecular complexity index is 608. The molecule has 1 aromatic heterocycles. The normalized spacial score (nSPS) is 12.6. The quantitative estimate of drug-likeness (QED) is 0.878. The maximum atomic E-state index is 6.08. The van der Waals surface area contributed by atoms with Gasteiger partial charge in [-0.3, -0.25) is 4.68 Å².